The van der Waals surface area contributed by atoms with Crippen LogP contribution in [0.1, 0.15) is 5.69 Å². The van der Waals surface area contributed by atoms with Crippen molar-refractivity contribution in [2.24, 2.45) is 5.73 Å². The molecule has 5 nitrogen and oxygen atoms in total. The molecule has 2 aromatic rings. The number of pyridine rings is 1. The highest BCUT2D eigenvalue weighted by Gasteiger charge is 2.04. The van der Waals surface area contributed by atoms with E-state index in [1.165, 1.54) is 30.5 Å². The van der Waals surface area contributed by atoms with E-state index in [-0.39, 0.29) is 18.3 Å². The second-order valence-corrected chi connectivity index (χ2v) is 4.03. The van der Waals surface area contributed by atoms with Gasteiger partial charge in [-0.15, -0.1) is 0 Å². The van der Waals surface area contributed by atoms with Gasteiger partial charge < -0.3 is 15.8 Å². The predicted octanol–water partition coefficient (Wildman–Crippen LogP) is 1.70. The van der Waals surface area contributed by atoms with Gasteiger partial charge in [-0.05, 0) is 36.4 Å². The monoisotopic (exact) mass is 275 g/mol. The van der Waals surface area contributed by atoms with Gasteiger partial charge in [-0.25, -0.2) is 4.39 Å². The molecule has 0 aliphatic carbocycles. The van der Waals surface area contributed by atoms with Gasteiger partial charge in [-0.3, -0.25) is 9.78 Å². The minimum atomic E-state index is -0.356. The largest absolute Gasteiger partial charge is 0.482 e. The summed E-state index contributed by atoms with van der Waals surface area (Å²) in [4.78, 5) is 15.7. The van der Waals surface area contributed by atoms with Gasteiger partial charge in [-0.2, -0.15) is 0 Å². The summed E-state index contributed by atoms with van der Waals surface area (Å²) in [6, 6.07) is 8.92. The number of halogens is 1. The fourth-order valence-corrected chi connectivity index (χ4v) is 1.50. The number of nitrogens with two attached hydrogens (primary N) is 1. The van der Waals surface area contributed by atoms with Crippen molar-refractivity contribution >= 4 is 11.6 Å². The number of rotatable bonds is 5. The highest BCUT2D eigenvalue weighted by atomic mass is 19.1. The minimum Gasteiger partial charge on any atom is -0.482 e. The number of nitrogens with one attached hydrogen (secondary N) is 1. The molecule has 0 saturated heterocycles. The average Bonchev–Trinajstić information content (AvgIpc) is 2.48. The highest BCUT2D eigenvalue weighted by molar-refractivity contribution is 5.91. The Kier molecular flexibility index (Phi) is 4.62. The Hall–Kier alpha value is -2.47. The van der Waals surface area contributed by atoms with Crippen molar-refractivity contribution < 1.29 is 13.9 Å². The Bertz CT molecular complexity index is 570. The lowest BCUT2D eigenvalue weighted by molar-refractivity contribution is -0.118. The number of carbonyl (C=O) groups excluding carboxylic acids is 1. The van der Waals surface area contributed by atoms with Gasteiger partial charge in [-0.1, -0.05) is 0 Å². The molecule has 1 heterocycles. The quantitative estimate of drug-likeness (QED) is 0.870. The molecule has 1 aromatic carbocycles. The van der Waals surface area contributed by atoms with E-state index in [0.717, 1.165) is 5.69 Å². The zero-order valence-electron chi connectivity index (χ0n) is 10.7. The first-order valence-electron chi connectivity index (χ1n) is 6.00. The van der Waals surface area contributed by atoms with E-state index in [9.17, 15) is 9.18 Å². The lowest BCUT2D eigenvalue weighted by atomic mass is 10.3. The number of hydrogen-bond donors (Lipinski definition) is 2. The van der Waals surface area contributed by atoms with Crippen molar-refractivity contribution in [3.63, 3.8) is 0 Å². The molecule has 0 aliphatic rings. The normalized spacial score (nSPS) is 10.1. The van der Waals surface area contributed by atoms with Crippen LogP contribution in [-0.2, 0) is 11.3 Å². The summed E-state index contributed by atoms with van der Waals surface area (Å²) in [5.41, 5.74) is 6.68. The second-order valence-electron chi connectivity index (χ2n) is 4.03. The summed E-state index contributed by atoms with van der Waals surface area (Å²) in [7, 11) is 0. The second kappa shape index (κ2) is 6.63. The van der Waals surface area contributed by atoms with Crippen LogP contribution in [0.4, 0.5) is 10.1 Å². The molecule has 2 rings (SSSR count). The van der Waals surface area contributed by atoms with Crippen LogP contribution in [-0.4, -0.2) is 17.5 Å². The summed E-state index contributed by atoms with van der Waals surface area (Å²) in [6.07, 6.45) is 1.51. The zero-order chi connectivity index (χ0) is 14.4. The van der Waals surface area contributed by atoms with E-state index in [1.807, 2.05) is 0 Å². The van der Waals surface area contributed by atoms with Crippen molar-refractivity contribution in [2.45, 2.75) is 6.54 Å². The molecule has 0 fully saturated rings. The number of carbonyl (C=O) groups is 1. The van der Waals surface area contributed by atoms with Gasteiger partial charge in [0.1, 0.15) is 11.6 Å². The van der Waals surface area contributed by atoms with Gasteiger partial charge in [0, 0.05) is 12.2 Å². The van der Waals surface area contributed by atoms with Crippen LogP contribution in [0.3, 0.4) is 0 Å². The molecule has 0 unspecified atom stereocenters. The maximum Gasteiger partial charge on any atom is 0.262 e. The SMILES string of the molecule is NCc1ccc(OCC(=O)Nc2ccc(F)cc2)cn1. The number of nitrogens with zero attached hydrogens (tertiary/aromatic N) is 1. The Labute approximate surface area is 115 Å². The van der Waals surface area contributed by atoms with Gasteiger partial charge in [0.2, 0.25) is 0 Å². The van der Waals surface area contributed by atoms with E-state index in [1.54, 1.807) is 12.1 Å². The summed E-state index contributed by atoms with van der Waals surface area (Å²) in [5.74, 6) is -0.207. The van der Waals surface area contributed by atoms with Crippen LogP contribution in [0, 0.1) is 5.82 Å². The third-order valence-electron chi connectivity index (χ3n) is 2.50. The van der Waals surface area contributed by atoms with Gasteiger partial charge in [0.15, 0.2) is 6.61 Å². The number of anilines is 1. The third-order valence-corrected chi connectivity index (χ3v) is 2.50. The van der Waals surface area contributed by atoms with Crippen LogP contribution in [0.25, 0.3) is 0 Å². The van der Waals surface area contributed by atoms with Gasteiger partial charge in [0.05, 0.1) is 11.9 Å². The molecular weight excluding hydrogens is 261 g/mol. The predicted molar refractivity (Wildman–Crippen MR) is 72.7 cm³/mol. The zero-order valence-corrected chi connectivity index (χ0v) is 10.7. The molecule has 1 aromatic heterocycles. The van der Waals surface area contributed by atoms with Crippen LogP contribution >= 0.6 is 0 Å². The standard InChI is InChI=1S/C14H14FN3O2/c15-10-1-3-11(4-2-10)18-14(19)9-20-13-6-5-12(7-16)17-8-13/h1-6,8H,7,9,16H2,(H,18,19). The molecule has 104 valence electrons. The maximum atomic E-state index is 12.7. The molecule has 0 radical (unpaired) electrons. The topological polar surface area (TPSA) is 77.2 Å². The summed E-state index contributed by atoms with van der Waals surface area (Å²) < 4.78 is 18.0. The molecule has 6 heteroatoms. The Balaban J connectivity index is 1.83. The smallest absolute Gasteiger partial charge is 0.262 e. The molecule has 0 bridgehead atoms. The summed E-state index contributed by atoms with van der Waals surface area (Å²) in [6.45, 7) is 0.201. The van der Waals surface area contributed by atoms with Gasteiger partial charge in [0.25, 0.3) is 5.91 Å². The highest BCUT2D eigenvalue weighted by Crippen LogP contribution is 2.10. The number of hydrogen-bond acceptors (Lipinski definition) is 4. The Morgan fingerprint density at radius 2 is 2.00 bits per heavy atom. The van der Waals surface area contributed by atoms with Crippen molar-refractivity contribution in [3.8, 4) is 5.75 Å². The van der Waals surface area contributed by atoms with Crippen LogP contribution in [0.15, 0.2) is 42.6 Å². The van der Waals surface area contributed by atoms with Crippen LogP contribution < -0.4 is 15.8 Å². The fraction of sp³-hybridized carbons (Fsp3) is 0.143. The van der Waals surface area contributed by atoms with Crippen LogP contribution in [0.5, 0.6) is 5.75 Å². The van der Waals surface area contributed by atoms with Gasteiger partial charge >= 0.3 is 0 Å². The van der Waals surface area contributed by atoms with E-state index >= 15 is 0 Å². The molecule has 0 atom stereocenters. The third kappa shape index (κ3) is 4.03. The molecule has 0 aliphatic heterocycles. The molecular formula is C14H14FN3O2. The number of benzene rings is 1. The van der Waals surface area contributed by atoms with E-state index in [2.05, 4.69) is 10.3 Å². The first-order chi connectivity index (χ1) is 9.67. The van der Waals surface area contributed by atoms with Crippen molar-refractivity contribution in [3.05, 3.63) is 54.1 Å². The Morgan fingerprint density at radius 3 is 2.60 bits per heavy atom. The van der Waals surface area contributed by atoms with E-state index in [0.29, 0.717) is 18.0 Å². The van der Waals surface area contributed by atoms with Crippen molar-refractivity contribution in [1.82, 2.24) is 4.98 Å². The fourth-order valence-electron chi connectivity index (χ4n) is 1.50. The average molecular weight is 275 g/mol. The molecule has 0 spiro atoms. The van der Waals surface area contributed by atoms with E-state index < -0.39 is 0 Å². The van der Waals surface area contributed by atoms with Crippen molar-refractivity contribution in [1.29, 1.82) is 0 Å². The molecule has 0 saturated carbocycles. The maximum absolute atomic E-state index is 12.7. The summed E-state index contributed by atoms with van der Waals surface area (Å²) >= 11 is 0. The number of amides is 1. The first kappa shape index (κ1) is 14.0. The Morgan fingerprint density at radius 1 is 1.25 bits per heavy atom. The number of aromatic nitrogens is 1. The molecule has 3 N–H and O–H groups in total. The minimum absolute atomic E-state index is 0.152. The first-order valence-corrected chi connectivity index (χ1v) is 6.00. The molecule has 20 heavy (non-hydrogen) atoms. The van der Waals surface area contributed by atoms with Crippen LogP contribution in [0.2, 0.25) is 0 Å². The number of ether oxygens (including phenoxy) is 1. The lowest BCUT2D eigenvalue weighted by Gasteiger charge is -2.07. The van der Waals surface area contributed by atoms with Crippen molar-refractivity contribution in [2.75, 3.05) is 11.9 Å². The van der Waals surface area contributed by atoms with E-state index in [4.69, 9.17) is 10.5 Å². The lowest BCUT2D eigenvalue weighted by Crippen LogP contribution is -2.20. The summed E-state index contributed by atoms with van der Waals surface area (Å²) in [5, 5.41) is 2.59. The molecule has 1 amide bonds.